The summed E-state index contributed by atoms with van der Waals surface area (Å²) in [7, 11) is 0. The summed E-state index contributed by atoms with van der Waals surface area (Å²) in [6, 6.07) is 8.84. The summed E-state index contributed by atoms with van der Waals surface area (Å²) in [5.41, 5.74) is 0.406. The standard InChI is InChI=1S/C14H16N2O3/c1-10(14(18)16-7-6-12(17)9-16)19-13-5-3-2-4-11(13)8-15/h2-5,10,12,17H,6-7,9H2,1H3/t10?,12-/m0/s1. The van der Waals surface area contributed by atoms with Crippen molar-refractivity contribution in [3.8, 4) is 11.8 Å². The number of para-hydroxylation sites is 1. The molecule has 0 spiro atoms. The van der Waals surface area contributed by atoms with Crippen molar-refractivity contribution < 1.29 is 14.6 Å². The van der Waals surface area contributed by atoms with Gasteiger partial charge in [0.05, 0.1) is 11.7 Å². The van der Waals surface area contributed by atoms with Crippen LogP contribution in [0, 0.1) is 11.3 Å². The maximum absolute atomic E-state index is 12.1. The second kappa shape index (κ2) is 5.72. The van der Waals surface area contributed by atoms with E-state index in [0.717, 1.165) is 0 Å². The van der Waals surface area contributed by atoms with Crippen LogP contribution in [-0.2, 0) is 4.79 Å². The average molecular weight is 260 g/mol. The third-order valence-electron chi connectivity index (χ3n) is 3.13. The lowest BCUT2D eigenvalue weighted by molar-refractivity contribution is -0.137. The molecule has 1 aromatic carbocycles. The second-order valence-corrected chi connectivity index (χ2v) is 4.59. The van der Waals surface area contributed by atoms with E-state index in [0.29, 0.717) is 30.8 Å². The molecule has 0 aliphatic carbocycles. The van der Waals surface area contributed by atoms with Crippen molar-refractivity contribution in [1.29, 1.82) is 5.26 Å². The molecule has 1 aliphatic rings. The van der Waals surface area contributed by atoms with Crippen LogP contribution in [0.5, 0.6) is 5.75 Å². The third kappa shape index (κ3) is 3.04. The zero-order chi connectivity index (χ0) is 13.8. The molecular weight excluding hydrogens is 244 g/mol. The van der Waals surface area contributed by atoms with Crippen LogP contribution in [0.2, 0.25) is 0 Å². The van der Waals surface area contributed by atoms with E-state index in [1.807, 2.05) is 6.07 Å². The molecule has 1 aliphatic heterocycles. The van der Waals surface area contributed by atoms with E-state index >= 15 is 0 Å². The van der Waals surface area contributed by atoms with Gasteiger partial charge in [0.1, 0.15) is 11.8 Å². The monoisotopic (exact) mass is 260 g/mol. The number of nitriles is 1. The molecular formula is C14H16N2O3. The summed E-state index contributed by atoms with van der Waals surface area (Å²) < 4.78 is 5.55. The topological polar surface area (TPSA) is 73.6 Å². The SMILES string of the molecule is CC(Oc1ccccc1C#N)C(=O)N1CC[C@H](O)C1. The molecule has 0 aromatic heterocycles. The lowest BCUT2D eigenvalue weighted by Gasteiger charge is -2.21. The molecule has 2 atom stereocenters. The van der Waals surface area contributed by atoms with E-state index in [1.165, 1.54) is 0 Å². The minimum absolute atomic E-state index is 0.163. The number of benzene rings is 1. The van der Waals surface area contributed by atoms with Crippen LogP contribution in [0.15, 0.2) is 24.3 Å². The van der Waals surface area contributed by atoms with Gasteiger partial charge in [-0.1, -0.05) is 12.1 Å². The lowest BCUT2D eigenvalue weighted by Crippen LogP contribution is -2.39. The largest absolute Gasteiger partial charge is 0.480 e. The number of nitrogens with zero attached hydrogens (tertiary/aromatic N) is 2. The molecule has 1 fully saturated rings. The average Bonchev–Trinajstić information content (AvgIpc) is 2.85. The van der Waals surface area contributed by atoms with Crippen LogP contribution >= 0.6 is 0 Å². The molecule has 5 heteroatoms. The Labute approximate surface area is 112 Å². The van der Waals surface area contributed by atoms with Crippen LogP contribution in [0.25, 0.3) is 0 Å². The maximum Gasteiger partial charge on any atom is 0.263 e. The summed E-state index contributed by atoms with van der Waals surface area (Å²) >= 11 is 0. The molecule has 2 rings (SSSR count). The van der Waals surface area contributed by atoms with Gasteiger partial charge in [0.15, 0.2) is 6.10 Å². The minimum Gasteiger partial charge on any atom is -0.480 e. The Bertz CT molecular complexity index is 510. The summed E-state index contributed by atoms with van der Waals surface area (Å²) in [4.78, 5) is 13.7. The molecule has 1 saturated heterocycles. The first-order valence-electron chi connectivity index (χ1n) is 6.24. The minimum atomic E-state index is -0.667. The van der Waals surface area contributed by atoms with Gasteiger partial charge in [-0.2, -0.15) is 5.26 Å². The number of carbonyl (C=O) groups is 1. The molecule has 0 radical (unpaired) electrons. The number of carbonyl (C=O) groups excluding carboxylic acids is 1. The highest BCUT2D eigenvalue weighted by atomic mass is 16.5. The van der Waals surface area contributed by atoms with Gasteiger partial charge < -0.3 is 14.7 Å². The lowest BCUT2D eigenvalue weighted by atomic mass is 10.2. The highest BCUT2D eigenvalue weighted by molar-refractivity contribution is 5.81. The number of β-amino-alcohol motifs (C(OH)–C–C–N with tert-alkyl or cyclic N) is 1. The maximum atomic E-state index is 12.1. The van der Waals surface area contributed by atoms with E-state index in [2.05, 4.69) is 0 Å². The molecule has 100 valence electrons. The fourth-order valence-electron chi connectivity index (χ4n) is 2.10. The van der Waals surface area contributed by atoms with E-state index in [-0.39, 0.29) is 5.91 Å². The third-order valence-corrected chi connectivity index (χ3v) is 3.13. The summed E-state index contributed by atoms with van der Waals surface area (Å²) in [5.74, 6) is 0.245. The molecule has 0 bridgehead atoms. The fraction of sp³-hybridized carbons (Fsp3) is 0.429. The molecule has 1 aromatic rings. The zero-order valence-corrected chi connectivity index (χ0v) is 10.7. The van der Waals surface area contributed by atoms with E-state index < -0.39 is 12.2 Å². The van der Waals surface area contributed by atoms with Crippen LogP contribution in [0.4, 0.5) is 0 Å². The Kier molecular flexibility index (Phi) is 4.03. The van der Waals surface area contributed by atoms with Crippen molar-refractivity contribution in [2.24, 2.45) is 0 Å². The number of amides is 1. The van der Waals surface area contributed by atoms with E-state index in [1.54, 1.807) is 36.1 Å². The van der Waals surface area contributed by atoms with Gasteiger partial charge in [-0.25, -0.2) is 0 Å². The van der Waals surface area contributed by atoms with Crippen molar-refractivity contribution >= 4 is 5.91 Å². The smallest absolute Gasteiger partial charge is 0.263 e. The molecule has 1 N–H and O–H groups in total. The quantitative estimate of drug-likeness (QED) is 0.877. The van der Waals surface area contributed by atoms with Crippen LogP contribution in [-0.4, -0.2) is 41.2 Å². The summed E-state index contributed by atoms with van der Waals surface area (Å²) in [5, 5.41) is 18.4. The Morgan fingerprint density at radius 1 is 1.58 bits per heavy atom. The van der Waals surface area contributed by atoms with Gasteiger partial charge >= 0.3 is 0 Å². The Balaban J connectivity index is 2.03. The number of rotatable bonds is 3. The van der Waals surface area contributed by atoms with E-state index in [4.69, 9.17) is 10.00 Å². The van der Waals surface area contributed by atoms with Crippen LogP contribution in [0.3, 0.4) is 0 Å². The van der Waals surface area contributed by atoms with Crippen molar-refractivity contribution in [1.82, 2.24) is 4.90 Å². The van der Waals surface area contributed by atoms with Gasteiger partial charge in [-0.15, -0.1) is 0 Å². The van der Waals surface area contributed by atoms with Gasteiger partial charge in [0.2, 0.25) is 0 Å². The number of aliphatic hydroxyl groups is 1. The van der Waals surface area contributed by atoms with Gasteiger partial charge in [0.25, 0.3) is 5.91 Å². The molecule has 5 nitrogen and oxygen atoms in total. The highest BCUT2D eigenvalue weighted by Crippen LogP contribution is 2.19. The van der Waals surface area contributed by atoms with Crippen molar-refractivity contribution in [3.05, 3.63) is 29.8 Å². The molecule has 19 heavy (non-hydrogen) atoms. The molecule has 0 saturated carbocycles. The number of aliphatic hydroxyl groups excluding tert-OH is 1. The first kappa shape index (κ1) is 13.4. The van der Waals surface area contributed by atoms with Crippen molar-refractivity contribution in [2.75, 3.05) is 13.1 Å². The Morgan fingerprint density at radius 2 is 2.32 bits per heavy atom. The predicted octanol–water partition coefficient (Wildman–Crippen LogP) is 0.919. The van der Waals surface area contributed by atoms with Gasteiger partial charge in [-0.3, -0.25) is 4.79 Å². The first-order chi connectivity index (χ1) is 9.11. The van der Waals surface area contributed by atoms with Crippen LogP contribution < -0.4 is 4.74 Å². The number of likely N-dealkylation sites (tertiary alicyclic amines) is 1. The normalized spacial score (nSPS) is 19.8. The van der Waals surface area contributed by atoms with Crippen LogP contribution in [0.1, 0.15) is 18.9 Å². The van der Waals surface area contributed by atoms with Gasteiger partial charge in [0, 0.05) is 13.1 Å². The number of hydrogen-bond donors (Lipinski definition) is 1. The number of hydrogen-bond acceptors (Lipinski definition) is 4. The summed E-state index contributed by atoms with van der Waals surface area (Å²) in [6.45, 7) is 2.56. The van der Waals surface area contributed by atoms with Gasteiger partial charge in [-0.05, 0) is 25.5 Å². The molecule has 1 heterocycles. The molecule has 1 amide bonds. The summed E-state index contributed by atoms with van der Waals surface area (Å²) in [6.07, 6.45) is -0.505. The van der Waals surface area contributed by atoms with Crippen molar-refractivity contribution in [3.63, 3.8) is 0 Å². The van der Waals surface area contributed by atoms with E-state index in [9.17, 15) is 9.90 Å². The van der Waals surface area contributed by atoms with Crippen molar-refractivity contribution in [2.45, 2.75) is 25.6 Å². The zero-order valence-electron chi connectivity index (χ0n) is 10.7. The Morgan fingerprint density at radius 3 is 2.95 bits per heavy atom. The molecule has 1 unspecified atom stereocenters. The highest BCUT2D eigenvalue weighted by Gasteiger charge is 2.29. The first-order valence-corrected chi connectivity index (χ1v) is 6.24. The predicted molar refractivity (Wildman–Crippen MR) is 68.5 cm³/mol. The fourth-order valence-corrected chi connectivity index (χ4v) is 2.10. The second-order valence-electron chi connectivity index (χ2n) is 4.59. The number of ether oxygens (including phenoxy) is 1. The Hall–Kier alpha value is -2.06.